The Hall–Kier alpha value is -3.32. The Balaban J connectivity index is 2.08. The Bertz CT molecular complexity index is 1040. The first-order valence-electron chi connectivity index (χ1n) is 9.31. The van der Waals surface area contributed by atoms with Gasteiger partial charge >= 0.3 is 0 Å². The average Bonchev–Trinajstić information content (AvgIpc) is 2.73. The van der Waals surface area contributed by atoms with Gasteiger partial charge in [-0.3, -0.25) is 9.78 Å². The van der Waals surface area contributed by atoms with Gasteiger partial charge in [-0.15, -0.1) is 0 Å². The second-order valence-corrected chi connectivity index (χ2v) is 6.75. The number of carbonyl (C=O) groups excluding carboxylic acids is 1. The number of pyridine rings is 1. The molecule has 1 aromatic heterocycles. The number of para-hydroxylation sites is 1. The largest absolute Gasteiger partial charge is 0.493 e. The molecule has 1 atom stereocenters. The molecule has 0 saturated heterocycles. The predicted molar refractivity (Wildman–Crippen MR) is 115 cm³/mol. The lowest BCUT2D eigenvalue weighted by Crippen LogP contribution is -2.24. The number of likely N-dealkylation sites (N-methyl/N-ethyl adjacent to an activating group) is 1. The van der Waals surface area contributed by atoms with E-state index in [-0.39, 0.29) is 6.04 Å². The number of amides is 1. The van der Waals surface area contributed by atoms with Crippen molar-refractivity contribution in [3.8, 4) is 11.5 Å². The van der Waals surface area contributed by atoms with Crippen molar-refractivity contribution in [3.05, 3.63) is 59.3 Å². The molecular weight excluding hydrogens is 368 g/mol. The van der Waals surface area contributed by atoms with Crippen LogP contribution in [0.3, 0.4) is 0 Å². The molecule has 2 aromatic carbocycles. The van der Waals surface area contributed by atoms with E-state index in [4.69, 9.17) is 15.2 Å². The van der Waals surface area contributed by atoms with Crippen molar-refractivity contribution < 1.29 is 14.3 Å². The molecular formula is C22H26N4O3. The first kappa shape index (κ1) is 20.4. The highest BCUT2D eigenvalue weighted by Gasteiger charge is 2.18. The van der Waals surface area contributed by atoms with Crippen LogP contribution in [-0.2, 0) is 0 Å². The van der Waals surface area contributed by atoms with Crippen LogP contribution in [0.1, 0.15) is 27.5 Å². The van der Waals surface area contributed by atoms with Crippen LogP contribution in [0.4, 0.5) is 5.69 Å². The molecule has 0 bridgehead atoms. The maximum atomic E-state index is 11.8. The normalized spacial score (nSPS) is 11.9. The highest BCUT2D eigenvalue weighted by Crippen LogP contribution is 2.34. The zero-order chi connectivity index (χ0) is 21.0. The number of nitrogens with one attached hydrogen (secondary N) is 2. The fraction of sp³-hybridized carbons (Fsp3) is 0.273. The summed E-state index contributed by atoms with van der Waals surface area (Å²) in [6.07, 6.45) is 1.75. The summed E-state index contributed by atoms with van der Waals surface area (Å²) in [6, 6.07) is 11.2. The maximum absolute atomic E-state index is 11.8. The van der Waals surface area contributed by atoms with Gasteiger partial charge < -0.3 is 25.8 Å². The Kier molecular flexibility index (Phi) is 6.19. The van der Waals surface area contributed by atoms with Gasteiger partial charge in [-0.1, -0.05) is 18.2 Å². The number of fused-ring (bicyclic) bond motifs is 1. The Morgan fingerprint density at radius 2 is 1.93 bits per heavy atom. The van der Waals surface area contributed by atoms with Gasteiger partial charge in [-0.2, -0.15) is 0 Å². The third-order valence-corrected chi connectivity index (χ3v) is 4.89. The van der Waals surface area contributed by atoms with Crippen molar-refractivity contribution in [2.24, 2.45) is 5.73 Å². The first-order valence-corrected chi connectivity index (χ1v) is 9.31. The van der Waals surface area contributed by atoms with Crippen molar-refractivity contribution in [2.45, 2.75) is 13.0 Å². The van der Waals surface area contributed by atoms with E-state index in [1.807, 2.05) is 44.3 Å². The van der Waals surface area contributed by atoms with E-state index in [0.717, 1.165) is 22.2 Å². The van der Waals surface area contributed by atoms with E-state index in [1.165, 1.54) is 0 Å². The van der Waals surface area contributed by atoms with Crippen LogP contribution in [0.5, 0.6) is 11.5 Å². The Labute approximate surface area is 170 Å². The van der Waals surface area contributed by atoms with Crippen LogP contribution < -0.4 is 25.8 Å². The number of ether oxygens (including phenoxy) is 2. The summed E-state index contributed by atoms with van der Waals surface area (Å²) in [6.45, 7) is 2.66. The van der Waals surface area contributed by atoms with E-state index in [2.05, 4.69) is 15.6 Å². The van der Waals surface area contributed by atoms with Gasteiger partial charge in [-0.25, -0.2) is 0 Å². The smallest absolute Gasteiger partial charge is 0.250 e. The molecule has 0 aliphatic heterocycles. The van der Waals surface area contributed by atoms with Gasteiger partial charge in [0.05, 0.1) is 31.3 Å². The van der Waals surface area contributed by atoms with Crippen LogP contribution in [0, 0.1) is 6.92 Å². The fourth-order valence-electron chi connectivity index (χ4n) is 3.41. The number of benzene rings is 2. The van der Waals surface area contributed by atoms with Gasteiger partial charge in [0.25, 0.3) is 5.91 Å². The number of carbonyl (C=O) groups is 1. The number of nitrogens with two attached hydrogens (primary N) is 1. The summed E-state index contributed by atoms with van der Waals surface area (Å²) < 4.78 is 10.8. The predicted octanol–water partition coefficient (Wildman–Crippen LogP) is 3.03. The molecule has 0 aliphatic carbocycles. The molecule has 0 radical (unpaired) electrons. The van der Waals surface area contributed by atoms with Gasteiger partial charge in [0.2, 0.25) is 0 Å². The second-order valence-electron chi connectivity index (χ2n) is 6.75. The minimum Gasteiger partial charge on any atom is -0.493 e. The number of aromatic nitrogens is 1. The van der Waals surface area contributed by atoms with E-state index in [9.17, 15) is 4.79 Å². The van der Waals surface area contributed by atoms with Crippen molar-refractivity contribution in [1.29, 1.82) is 0 Å². The number of rotatable bonds is 8. The van der Waals surface area contributed by atoms with Crippen molar-refractivity contribution in [2.75, 3.05) is 33.1 Å². The molecule has 0 spiro atoms. The third-order valence-electron chi connectivity index (χ3n) is 4.89. The highest BCUT2D eigenvalue weighted by molar-refractivity contribution is 6.08. The quantitative estimate of drug-likeness (QED) is 0.543. The maximum Gasteiger partial charge on any atom is 0.250 e. The molecule has 29 heavy (non-hydrogen) atoms. The molecule has 0 fully saturated rings. The standard InChI is InChI=1S/C22H26N4O3/c1-13-11-25-21-15(6-5-7-16(21)22(23)27)20(13)26-17(12-24-2)14-8-9-18(28-3)19(10-14)29-4/h5-11,17,24H,12H2,1-4H3,(H2,23,27)(H,25,26). The molecule has 1 unspecified atom stereocenters. The minimum absolute atomic E-state index is 0.0543. The lowest BCUT2D eigenvalue weighted by Gasteiger charge is -2.23. The molecule has 3 aromatic rings. The lowest BCUT2D eigenvalue weighted by atomic mass is 10.0. The van der Waals surface area contributed by atoms with E-state index < -0.39 is 5.91 Å². The summed E-state index contributed by atoms with van der Waals surface area (Å²) in [5, 5.41) is 7.69. The lowest BCUT2D eigenvalue weighted by molar-refractivity contribution is 0.100. The second kappa shape index (κ2) is 8.79. The van der Waals surface area contributed by atoms with Gasteiger partial charge in [0.1, 0.15) is 0 Å². The molecule has 0 aliphatic rings. The summed E-state index contributed by atoms with van der Waals surface area (Å²) in [4.78, 5) is 16.3. The molecule has 152 valence electrons. The monoisotopic (exact) mass is 394 g/mol. The van der Waals surface area contributed by atoms with E-state index in [0.29, 0.717) is 29.1 Å². The molecule has 7 nitrogen and oxygen atoms in total. The number of hydrogen-bond donors (Lipinski definition) is 3. The zero-order valence-corrected chi connectivity index (χ0v) is 17.1. The summed E-state index contributed by atoms with van der Waals surface area (Å²) in [5.41, 5.74) is 9.44. The molecule has 3 rings (SSSR count). The van der Waals surface area contributed by atoms with Gasteiger partial charge in [0.15, 0.2) is 11.5 Å². The van der Waals surface area contributed by atoms with Crippen LogP contribution in [0.25, 0.3) is 10.9 Å². The number of nitrogens with zero attached hydrogens (tertiary/aromatic N) is 1. The van der Waals surface area contributed by atoms with Gasteiger partial charge in [0, 0.05) is 23.8 Å². The van der Waals surface area contributed by atoms with Crippen LogP contribution in [-0.4, -0.2) is 38.7 Å². The van der Waals surface area contributed by atoms with Crippen molar-refractivity contribution in [3.63, 3.8) is 0 Å². The third kappa shape index (κ3) is 4.09. The molecule has 4 N–H and O–H groups in total. The summed E-state index contributed by atoms with van der Waals surface area (Å²) in [5.74, 6) is 0.848. The summed E-state index contributed by atoms with van der Waals surface area (Å²) >= 11 is 0. The van der Waals surface area contributed by atoms with Crippen LogP contribution in [0.2, 0.25) is 0 Å². The van der Waals surface area contributed by atoms with Crippen molar-refractivity contribution in [1.82, 2.24) is 10.3 Å². The SMILES string of the molecule is CNCC(Nc1c(C)cnc2c(C(N)=O)cccc12)c1ccc(OC)c(OC)c1. The number of methoxy groups -OCH3 is 2. The number of anilines is 1. The van der Waals surface area contributed by atoms with Crippen LogP contribution >= 0.6 is 0 Å². The molecule has 1 amide bonds. The number of primary amides is 1. The number of hydrogen-bond acceptors (Lipinski definition) is 6. The first-order chi connectivity index (χ1) is 14.0. The van der Waals surface area contributed by atoms with Crippen molar-refractivity contribution >= 4 is 22.5 Å². The molecule has 7 heteroatoms. The molecule has 1 heterocycles. The highest BCUT2D eigenvalue weighted by atomic mass is 16.5. The van der Waals surface area contributed by atoms with Crippen LogP contribution in [0.15, 0.2) is 42.6 Å². The minimum atomic E-state index is -0.496. The fourth-order valence-corrected chi connectivity index (χ4v) is 3.41. The topological polar surface area (TPSA) is 98.5 Å². The van der Waals surface area contributed by atoms with E-state index >= 15 is 0 Å². The summed E-state index contributed by atoms with van der Waals surface area (Å²) in [7, 11) is 5.13. The Morgan fingerprint density at radius 1 is 1.17 bits per heavy atom. The average molecular weight is 394 g/mol. The Morgan fingerprint density at radius 3 is 2.59 bits per heavy atom. The number of aryl methyl sites for hydroxylation is 1. The van der Waals surface area contributed by atoms with E-state index in [1.54, 1.807) is 26.5 Å². The molecule has 0 saturated carbocycles. The van der Waals surface area contributed by atoms with Gasteiger partial charge in [-0.05, 0) is 43.3 Å². The zero-order valence-electron chi connectivity index (χ0n) is 17.1.